The fourth-order valence-corrected chi connectivity index (χ4v) is 5.55. The Labute approximate surface area is 211 Å². The third-order valence-electron chi connectivity index (χ3n) is 6.58. The predicted octanol–water partition coefficient (Wildman–Crippen LogP) is 5.46. The summed E-state index contributed by atoms with van der Waals surface area (Å²) in [6.45, 7) is 6.48. The molecule has 0 amide bonds. The van der Waals surface area contributed by atoms with E-state index in [1.807, 2.05) is 19.3 Å². The molecule has 0 aliphatic carbocycles. The molecule has 9 heteroatoms. The van der Waals surface area contributed by atoms with Gasteiger partial charge in [-0.15, -0.1) is 0 Å². The molecule has 1 saturated heterocycles. The van der Waals surface area contributed by atoms with Gasteiger partial charge in [0.15, 0.2) is 27.2 Å². The average Bonchev–Trinajstić information content (AvgIpc) is 2.89. The maximum atomic E-state index is 15.7. The lowest BCUT2D eigenvalue weighted by molar-refractivity contribution is 0.205. The molecule has 1 aliphatic rings. The number of aryl methyl sites for hydroxylation is 1. The van der Waals surface area contributed by atoms with Gasteiger partial charge in [-0.05, 0) is 56.2 Å². The number of ether oxygens (including phenoxy) is 1. The third-order valence-corrected chi connectivity index (χ3v) is 8.79. The highest BCUT2D eigenvalue weighted by Crippen LogP contribution is 2.38. The number of sulfone groups is 1. The summed E-state index contributed by atoms with van der Waals surface area (Å²) in [6, 6.07) is 9.45. The van der Waals surface area contributed by atoms with Gasteiger partial charge < -0.3 is 9.64 Å². The first-order chi connectivity index (χ1) is 17.2. The predicted molar refractivity (Wildman–Crippen MR) is 136 cm³/mol. The van der Waals surface area contributed by atoms with Gasteiger partial charge in [0.25, 0.3) is 0 Å². The van der Waals surface area contributed by atoms with E-state index in [0.717, 1.165) is 30.9 Å². The van der Waals surface area contributed by atoms with Crippen molar-refractivity contribution in [3.05, 3.63) is 66.0 Å². The van der Waals surface area contributed by atoms with Gasteiger partial charge in [-0.25, -0.2) is 27.2 Å². The summed E-state index contributed by atoms with van der Waals surface area (Å²) in [4.78, 5) is 10.4. The summed E-state index contributed by atoms with van der Waals surface area (Å²) in [5.41, 5.74) is 1.49. The van der Waals surface area contributed by atoms with Crippen LogP contribution in [-0.4, -0.2) is 43.3 Å². The van der Waals surface area contributed by atoms with E-state index >= 15 is 8.78 Å². The summed E-state index contributed by atoms with van der Waals surface area (Å²) in [5.74, 6) is -2.01. The molecule has 3 aromatic rings. The van der Waals surface area contributed by atoms with E-state index in [1.165, 1.54) is 13.8 Å². The maximum absolute atomic E-state index is 15.7. The molecule has 4 rings (SSSR count). The number of anilines is 1. The molecule has 0 saturated carbocycles. The molecule has 1 aliphatic heterocycles. The summed E-state index contributed by atoms with van der Waals surface area (Å²) < 4.78 is 62.6. The Morgan fingerprint density at radius 1 is 1.08 bits per heavy atom. The normalized spacial score (nSPS) is 14.9. The van der Waals surface area contributed by atoms with Crippen LogP contribution in [0.5, 0.6) is 5.75 Å². The summed E-state index contributed by atoms with van der Waals surface area (Å²) >= 11 is 0. The van der Waals surface area contributed by atoms with E-state index in [9.17, 15) is 8.42 Å². The second-order valence-electron chi connectivity index (χ2n) is 9.32. The topological polar surface area (TPSA) is 72.4 Å². The lowest BCUT2D eigenvalue weighted by atomic mass is 9.98. The van der Waals surface area contributed by atoms with Crippen molar-refractivity contribution in [2.24, 2.45) is 5.92 Å². The fraction of sp³-hybridized carbons (Fsp3) is 0.407. The second kappa shape index (κ2) is 10.9. The minimum Gasteiger partial charge on any atom is -0.487 e. The molecule has 0 atom stereocenters. The smallest absolute Gasteiger partial charge is 0.225 e. The van der Waals surface area contributed by atoms with Crippen molar-refractivity contribution in [1.82, 2.24) is 9.97 Å². The molecule has 0 bridgehead atoms. The molecule has 1 fully saturated rings. The zero-order valence-corrected chi connectivity index (χ0v) is 21.6. The van der Waals surface area contributed by atoms with Gasteiger partial charge in [0, 0.05) is 31.0 Å². The van der Waals surface area contributed by atoms with Crippen LogP contribution in [0.4, 0.5) is 14.7 Å². The van der Waals surface area contributed by atoms with Crippen molar-refractivity contribution >= 4 is 15.8 Å². The first-order valence-corrected chi connectivity index (χ1v) is 13.8. The lowest BCUT2D eigenvalue weighted by Crippen LogP contribution is -2.36. The molecule has 0 N–H and O–H groups in total. The van der Waals surface area contributed by atoms with Crippen LogP contribution in [0.2, 0.25) is 0 Å². The quantitative estimate of drug-likeness (QED) is 0.371. The standard InChI is InChI=1S/C27H31F2N3O3S/c1-4-19-15-30-27(31-16-19)32-12-10-20(11-13-32)17-35-25-23(28)14-22(21-8-6-5-7-9-21)26(24(25)29)36(33,34)18(2)3/h5-9,14-16,18,20H,4,10-13,17H2,1-3H3. The van der Waals surface area contributed by atoms with Gasteiger partial charge in [0.05, 0.1) is 11.9 Å². The highest BCUT2D eigenvalue weighted by molar-refractivity contribution is 7.92. The van der Waals surface area contributed by atoms with Crippen molar-refractivity contribution in [1.29, 1.82) is 0 Å². The summed E-state index contributed by atoms with van der Waals surface area (Å²) in [5, 5.41) is -0.884. The van der Waals surface area contributed by atoms with Crippen molar-refractivity contribution in [3.63, 3.8) is 0 Å². The maximum Gasteiger partial charge on any atom is 0.225 e. The first kappa shape index (κ1) is 26.0. The van der Waals surface area contributed by atoms with Crippen LogP contribution in [0.3, 0.4) is 0 Å². The van der Waals surface area contributed by atoms with Crippen LogP contribution in [0, 0.1) is 17.6 Å². The Kier molecular flexibility index (Phi) is 7.88. The number of benzene rings is 2. The molecule has 1 aromatic heterocycles. The lowest BCUT2D eigenvalue weighted by Gasteiger charge is -2.32. The van der Waals surface area contributed by atoms with Crippen molar-refractivity contribution < 1.29 is 21.9 Å². The van der Waals surface area contributed by atoms with Gasteiger partial charge >= 0.3 is 0 Å². The van der Waals surface area contributed by atoms with Gasteiger partial charge in [0.1, 0.15) is 4.90 Å². The molecular weight excluding hydrogens is 484 g/mol. The van der Waals surface area contributed by atoms with Gasteiger partial charge in [-0.3, -0.25) is 0 Å². The zero-order valence-electron chi connectivity index (χ0n) is 20.7. The number of rotatable bonds is 8. The highest BCUT2D eigenvalue weighted by Gasteiger charge is 2.32. The molecule has 2 heterocycles. The minimum atomic E-state index is -4.05. The van der Waals surface area contributed by atoms with E-state index < -0.39 is 37.4 Å². The Morgan fingerprint density at radius 3 is 2.31 bits per heavy atom. The molecule has 0 radical (unpaired) electrons. The zero-order chi connectivity index (χ0) is 25.9. The van der Waals surface area contributed by atoms with Crippen LogP contribution < -0.4 is 9.64 Å². The molecule has 192 valence electrons. The van der Waals surface area contributed by atoms with Crippen molar-refractivity contribution in [3.8, 4) is 16.9 Å². The fourth-order valence-electron chi connectivity index (χ4n) is 4.26. The number of hydrogen-bond acceptors (Lipinski definition) is 6. The molecule has 0 unspecified atom stereocenters. The molecule has 36 heavy (non-hydrogen) atoms. The number of nitrogens with zero attached hydrogens (tertiary/aromatic N) is 3. The second-order valence-corrected chi connectivity index (χ2v) is 11.8. The minimum absolute atomic E-state index is 0.00551. The summed E-state index contributed by atoms with van der Waals surface area (Å²) in [6.07, 6.45) is 6.00. The van der Waals surface area contributed by atoms with E-state index in [-0.39, 0.29) is 18.1 Å². The van der Waals surface area contributed by atoms with Gasteiger partial charge in [0.2, 0.25) is 5.95 Å². The number of hydrogen-bond donors (Lipinski definition) is 0. The van der Waals surface area contributed by atoms with Gasteiger partial charge in [-0.2, -0.15) is 0 Å². The van der Waals surface area contributed by atoms with Crippen LogP contribution in [0.1, 0.15) is 39.2 Å². The molecule has 2 aromatic carbocycles. The SMILES string of the molecule is CCc1cnc(N2CCC(COc3c(F)cc(-c4ccccc4)c(S(=O)(=O)C(C)C)c3F)CC2)nc1. The van der Waals surface area contributed by atoms with Crippen LogP contribution in [0.15, 0.2) is 53.7 Å². The van der Waals surface area contributed by atoms with Crippen LogP contribution in [-0.2, 0) is 16.3 Å². The first-order valence-electron chi connectivity index (χ1n) is 12.2. The number of aromatic nitrogens is 2. The van der Waals surface area contributed by atoms with Gasteiger partial charge in [-0.1, -0.05) is 37.3 Å². The Balaban J connectivity index is 1.53. The van der Waals surface area contributed by atoms with Crippen molar-refractivity contribution in [2.45, 2.75) is 50.2 Å². The van der Waals surface area contributed by atoms with Crippen molar-refractivity contribution in [2.75, 3.05) is 24.6 Å². The molecule has 6 nitrogen and oxygen atoms in total. The van der Waals surface area contributed by atoms with E-state index in [2.05, 4.69) is 14.9 Å². The van der Waals surface area contributed by atoms with Crippen LogP contribution >= 0.6 is 0 Å². The molecule has 0 spiro atoms. The van der Waals surface area contributed by atoms with E-state index in [4.69, 9.17) is 4.74 Å². The van der Waals surface area contributed by atoms with Crippen LogP contribution in [0.25, 0.3) is 11.1 Å². The highest BCUT2D eigenvalue weighted by atomic mass is 32.2. The number of piperidine rings is 1. The Morgan fingerprint density at radius 2 is 1.72 bits per heavy atom. The monoisotopic (exact) mass is 515 g/mol. The Bertz CT molecular complexity index is 1290. The van der Waals surface area contributed by atoms with E-state index in [1.54, 1.807) is 30.3 Å². The Hall–Kier alpha value is -3.07. The average molecular weight is 516 g/mol. The molecular formula is C27H31F2N3O3S. The third kappa shape index (κ3) is 5.36. The summed E-state index contributed by atoms with van der Waals surface area (Å²) in [7, 11) is -4.05. The number of halogens is 2. The van der Waals surface area contributed by atoms with E-state index in [0.29, 0.717) is 24.6 Å². The largest absolute Gasteiger partial charge is 0.487 e.